The Labute approximate surface area is 348 Å². The fraction of sp³-hybridized carbons (Fsp3) is 0.0526. The van der Waals surface area contributed by atoms with Gasteiger partial charge in [-0.25, -0.2) is 9.97 Å². The van der Waals surface area contributed by atoms with E-state index in [1.807, 2.05) is 6.07 Å². The van der Waals surface area contributed by atoms with E-state index >= 15 is 0 Å². The number of fused-ring (bicyclic) bond motifs is 9. The molecule has 0 unspecified atom stereocenters. The lowest BCUT2D eigenvalue weighted by Gasteiger charge is -2.22. The van der Waals surface area contributed by atoms with Gasteiger partial charge in [0.05, 0.1) is 22.4 Å². The third kappa shape index (κ3) is 5.09. The predicted octanol–water partition coefficient (Wildman–Crippen LogP) is 14.9. The topological polar surface area (TPSA) is 30.7 Å². The molecule has 0 saturated carbocycles. The summed E-state index contributed by atoms with van der Waals surface area (Å²) < 4.78 is 2.36. The van der Waals surface area contributed by atoms with Crippen molar-refractivity contribution in [1.29, 1.82) is 0 Å². The van der Waals surface area contributed by atoms with Gasteiger partial charge in [-0.05, 0) is 85.3 Å². The molecule has 0 spiro atoms. The number of rotatable bonds is 5. The van der Waals surface area contributed by atoms with Crippen molar-refractivity contribution in [2.24, 2.45) is 0 Å². The Morgan fingerprint density at radius 3 is 1.78 bits per heavy atom. The zero-order chi connectivity index (χ0) is 40.0. The van der Waals surface area contributed by atoms with E-state index in [2.05, 4.69) is 213 Å². The molecule has 282 valence electrons. The van der Waals surface area contributed by atoms with Crippen LogP contribution >= 0.6 is 0 Å². The molecule has 0 N–H and O–H groups in total. The van der Waals surface area contributed by atoms with Crippen LogP contribution in [0.1, 0.15) is 25.0 Å². The van der Waals surface area contributed by atoms with Crippen molar-refractivity contribution in [2.45, 2.75) is 19.3 Å². The summed E-state index contributed by atoms with van der Waals surface area (Å²) in [6.07, 6.45) is 0. The molecule has 11 aromatic rings. The van der Waals surface area contributed by atoms with Gasteiger partial charge in [0.15, 0.2) is 5.82 Å². The minimum atomic E-state index is -0.123. The quantitative estimate of drug-likeness (QED) is 0.175. The molecule has 1 aliphatic rings. The van der Waals surface area contributed by atoms with Gasteiger partial charge in [0, 0.05) is 38.6 Å². The Kier molecular flexibility index (Phi) is 7.58. The van der Waals surface area contributed by atoms with E-state index in [0.29, 0.717) is 5.82 Å². The van der Waals surface area contributed by atoms with Crippen molar-refractivity contribution in [3.05, 3.63) is 211 Å². The molecule has 3 heteroatoms. The highest BCUT2D eigenvalue weighted by Gasteiger charge is 2.38. The minimum absolute atomic E-state index is 0.123. The van der Waals surface area contributed by atoms with Crippen LogP contribution in [0.25, 0.3) is 105 Å². The number of hydrogen-bond acceptors (Lipinski definition) is 2. The minimum Gasteiger partial charge on any atom is -0.309 e. The lowest BCUT2D eigenvalue weighted by Crippen LogP contribution is -2.14. The van der Waals surface area contributed by atoms with Crippen LogP contribution in [0.4, 0.5) is 0 Å². The summed E-state index contributed by atoms with van der Waals surface area (Å²) in [5, 5.41) is 7.29. The SMILES string of the molecule is CC1(C)c2cccc(-c3ccc(-c4cc(-c5cccc6c5c5ccccc5n6-c5ccccc5)nc(-c5ccccc5)n4)c4ccccc34)c2-c2c1ccc1ccccc21. The van der Waals surface area contributed by atoms with Crippen LogP contribution in [0.3, 0.4) is 0 Å². The molecule has 12 rings (SSSR count). The summed E-state index contributed by atoms with van der Waals surface area (Å²) in [6, 6.07) is 72.3. The number of aromatic nitrogens is 3. The molecular weight excluding hydrogens is 727 g/mol. The molecule has 0 bridgehead atoms. The molecule has 60 heavy (non-hydrogen) atoms. The highest BCUT2D eigenvalue weighted by molar-refractivity contribution is 6.16. The van der Waals surface area contributed by atoms with Gasteiger partial charge in [0.2, 0.25) is 0 Å². The van der Waals surface area contributed by atoms with Crippen LogP contribution in [0.15, 0.2) is 200 Å². The van der Waals surface area contributed by atoms with Gasteiger partial charge in [-0.3, -0.25) is 0 Å². The summed E-state index contributed by atoms with van der Waals surface area (Å²) in [5.74, 6) is 0.701. The van der Waals surface area contributed by atoms with Gasteiger partial charge in [0.25, 0.3) is 0 Å². The van der Waals surface area contributed by atoms with Crippen LogP contribution in [-0.4, -0.2) is 14.5 Å². The second-order valence-corrected chi connectivity index (χ2v) is 16.5. The fourth-order valence-electron chi connectivity index (χ4n) is 10.1. The van der Waals surface area contributed by atoms with Crippen LogP contribution in [0.5, 0.6) is 0 Å². The number of hydrogen-bond donors (Lipinski definition) is 0. The molecule has 9 aromatic carbocycles. The van der Waals surface area contributed by atoms with Crippen molar-refractivity contribution in [2.75, 3.05) is 0 Å². The smallest absolute Gasteiger partial charge is 0.160 e. The van der Waals surface area contributed by atoms with E-state index in [0.717, 1.165) is 50.2 Å². The average Bonchev–Trinajstić information content (AvgIpc) is 3.77. The molecule has 3 nitrogen and oxygen atoms in total. The van der Waals surface area contributed by atoms with Crippen molar-refractivity contribution in [3.63, 3.8) is 0 Å². The third-order valence-corrected chi connectivity index (χ3v) is 12.8. The number of para-hydroxylation sites is 2. The van der Waals surface area contributed by atoms with Crippen molar-refractivity contribution in [3.8, 4) is 61.8 Å². The summed E-state index contributed by atoms with van der Waals surface area (Å²) in [7, 11) is 0. The molecule has 0 atom stereocenters. The largest absolute Gasteiger partial charge is 0.309 e. The third-order valence-electron chi connectivity index (χ3n) is 12.8. The number of nitrogens with zero attached hydrogens (tertiary/aromatic N) is 3. The Hall–Kier alpha value is -7.62. The maximum absolute atomic E-state index is 5.37. The first-order valence-corrected chi connectivity index (χ1v) is 20.8. The van der Waals surface area contributed by atoms with Gasteiger partial charge in [-0.15, -0.1) is 0 Å². The van der Waals surface area contributed by atoms with Crippen LogP contribution < -0.4 is 0 Å². The van der Waals surface area contributed by atoms with Gasteiger partial charge in [-0.2, -0.15) is 0 Å². The van der Waals surface area contributed by atoms with Crippen LogP contribution in [0.2, 0.25) is 0 Å². The van der Waals surface area contributed by atoms with Gasteiger partial charge in [0.1, 0.15) is 0 Å². The fourth-order valence-corrected chi connectivity index (χ4v) is 10.1. The van der Waals surface area contributed by atoms with Gasteiger partial charge in [-0.1, -0.05) is 184 Å². The van der Waals surface area contributed by atoms with Gasteiger partial charge < -0.3 is 4.57 Å². The Bertz CT molecular complexity index is 3500. The van der Waals surface area contributed by atoms with E-state index in [9.17, 15) is 0 Å². The lowest BCUT2D eigenvalue weighted by molar-refractivity contribution is 0.661. The zero-order valence-electron chi connectivity index (χ0n) is 33.4. The molecule has 1 aliphatic carbocycles. The van der Waals surface area contributed by atoms with Crippen molar-refractivity contribution < 1.29 is 0 Å². The second kappa shape index (κ2) is 13.2. The first-order valence-electron chi connectivity index (χ1n) is 20.8. The van der Waals surface area contributed by atoms with Crippen LogP contribution in [0, 0.1) is 0 Å². The van der Waals surface area contributed by atoms with E-state index < -0.39 is 0 Å². The van der Waals surface area contributed by atoms with Crippen molar-refractivity contribution >= 4 is 43.4 Å². The van der Waals surface area contributed by atoms with E-state index in [1.54, 1.807) is 0 Å². The normalized spacial score (nSPS) is 13.0. The summed E-state index contributed by atoms with van der Waals surface area (Å²) in [4.78, 5) is 10.7. The van der Waals surface area contributed by atoms with E-state index in [-0.39, 0.29) is 5.41 Å². The summed E-state index contributed by atoms with van der Waals surface area (Å²) in [5.41, 5.74) is 16.2. The highest BCUT2D eigenvalue weighted by atomic mass is 15.0. The molecule has 0 amide bonds. The zero-order valence-corrected chi connectivity index (χ0v) is 33.4. The van der Waals surface area contributed by atoms with Crippen molar-refractivity contribution in [1.82, 2.24) is 14.5 Å². The maximum atomic E-state index is 5.37. The summed E-state index contributed by atoms with van der Waals surface area (Å²) >= 11 is 0. The van der Waals surface area contributed by atoms with E-state index in [1.165, 1.54) is 60.3 Å². The maximum Gasteiger partial charge on any atom is 0.160 e. The lowest BCUT2D eigenvalue weighted by atomic mass is 9.81. The highest BCUT2D eigenvalue weighted by Crippen LogP contribution is 2.55. The summed E-state index contributed by atoms with van der Waals surface area (Å²) in [6.45, 7) is 4.74. The first-order chi connectivity index (χ1) is 29.5. The molecule has 0 fully saturated rings. The molecule has 2 aromatic heterocycles. The molecular formula is C57H39N3. The standard InChI is InChI=1S/C57H39N3/c1-57(2)47-28-15-26-44(55(47)54-39-22-10-9-17-36(39)31-34-48(54)57)42-32-33-43(41-24-12-11-23-40(41)42)49-35-50(59-56(58-49)37-18-5-3-6-19-37)45-27-16-30-52-53(45)46-25-13-14-29-51(46)60(52)38-20-7-4-8-21-38/h3-35H,1-2H3. The Balaban J connectivity index is 1.10. The average molecular weight is 766 g/mol. The molecule has 0 radical (unpaired) electrons. The Morgan fingerprint density at radius 2 is 0.983 bits per heavy atom. The first kappa shape index (κ1) is 34.4. The molecule has 0 aliphatic heterocycles. The van der Waals surface area contributed by atoms with Crippen LogP contribution in [-0.2, 0) is 5.41 Å². The monoisotopic (exact) mass is 765 g/mol. The van der Waals surface area contributed by atoms with E-state index in [4.69, 9.17) is 9.97 Å². The Morgan fingerprint density at radius 1 is 0.400 bits per heavy atom. The molecule has 0 saturated heterocycles. The van der Waals surface area contributed by atoms with Gasteiger partial charge >= 0.3 is 0 Å². The predicted molar refractivity (Wildman–Crippen MR) is 251 cm³/mol. The second-order valence-electron chi connectivity index (χ2n) is 16.5. The molecule has 2 heterocycles. The number of benzene rings is 9.